The molecule has 5 rings (SSSR count). The van der Waals surface area contributed by atoms with Gasteiger partial charge in [0.2, 0.25) is 0 Å². The summed E-state index contributed by atoms with van der Waals surface area (Å²) in [6.07, 6.45) is 10.2. The zero-order chi connectivity index (χ0) is 15.2. The van der Waals surface area contributed by atoms with Crippen LogP contribution in [0.3, 0.4) is 0 Å². The minimum atomic E-state index is 0.000932. The van der Waals surface area contributed by atoms with Gasteiger partial charge in [0.15, 0.2) is 0 Å². The van der Waals surface area contributed by atoms with Crippen molar-refractivity contribution in [3.8, 4) is 0 Å². The monoisotopic (exact) mass is 302 g/mol. The number of hydrogen-bond donors (Lipinski definition) is 2. The van der Waals surface area contributed by atoms with E-state index in [4.69, 9.17) is 4.42 Å². The second kappa shape index (κ2) is 5.32. The highest BCUT2D eigenvalue weighted by molar-refractivity contribution is 5.75. The summed E-state index contributed by atoms with van der Waals surface area (Å²) in [7, 11) is 0. The summed E-state index contributed by atoms with van der Waals surface area (Å²) >= 11 is 0. The molecular weight excluding hydrogens is 276 g/mol. The zero-order valence-corrected chi connectivity index (χ0v) is 13.3. The molecule has 2 N–H and O–H groups in total. The molecule has 120 valence electrons. The fraction of sp³-hybridized carbons (Fsp3) is 0.722. The largest absolute Gasteiger partial charge is 0.469 e. The fourth-order valence-corrected chi connectivity index (χ4v) is 5.55. The van der Waals surface area contributed by atoms with Crippen LogP contribution in [-0.2, 0) is 6.42 Å². The number of hydrogen-bond acceptors (Lipinski definition) is 2. The van der Waals surface area contributed by atoms with E-state index < -0.39 is 0 Å². The van der Waals surface area contributed by atoms with Crippen LogP contribution in [0.2, 0.25) is 0 Å². The van der Waals surface area contributed by atoms with E-state index in [1.807, 2.05) is 19.1 Å². The standard InChI is InChI=1S/C18H26N2O2/c1-12(5-16-3-2-4-22-16)19-17(21)20-18-9-13-6-14(10-18)8-15(7-13)11-18/h2-4,12-15H,5-11H2,1H3,(H2,19,20,21)/t12-,13?,14?,15?,18?/m0/s1. The van der Waals surface area contributed by atoms with Crippen molar-refractivity contribution in [1.29, 1.82) is 0 Å². The molecule has 1 atom stereocenters. The molecule has 2 amide bonds. The van der Waals surface area contributed by atoms with Crippen molar-refractivity contribution in [2.75, 3.05) is 0 Å². The first-order chi connectivity index (χ1) is 10.6. The Bertz CT molecular complexity index is 502. The van der Waals surface area contributed by atoms with Crippen LogP contribution in [0.1, 0.15) is 51.2 Å². The molecule has 0 saturated heterocycles. The first-order valence-corrected chi connectivity index (χ1v) is 8.71. The Labute approximate surface area is 132 Å². The number of furan rings is 1. The third-order valence-electron chi connectivity index (χ3n) is 5.88. The average molecular weight is 302 g/mol. The van der Waals surface area contributed by atoms with Crippen LogP contribution < -0.4 is 10.6 Å². The van der Waals surface area contributed by atoms with Crippen LogP contribution in [-0.4, -0.2) is 17.6 Å². The quantitative estimate of drug-likeness (QED) is 0.894. The van der Waals surface area contributed by atoms with Crippen molar-refractivity contribution in [1.82, 2.24) is 10.6 Å². The van der Waals surface area contributed by atoms with Crippen molar-refractivity contribution in [3.05, 3.63) is 24.2 Å². The second-order valence-electron chi connectivity index (χ2n) is 7.98. The van der Waals surface area contributed by atoms with Gasteiger partial charge in [-0.1, -0.05) is 0 Å². The van der Waals surface area contributed by atoms with Gasteiger partial charge in [-0.3, -0.25) is 0 Å². The van der Waals surface area contributed by atoms with Crippen molar-refractivity contribution in [3.63, 3.8) is 0 Å². The Balaban J connectivity index is 1.34. The van der Waals surface area contributed by atoms with E-state index >= 15 is 0 Å². The van der Waals surface area contributed by atoms with Crippen molar-refractivity contribution < 1.29 is 9.21 Å². The number of amides is 2. The number of rotatable bonds is 4. The number of carbonyl (C=O) groups excluding carboxylic acids is 1. The van der Waals surface area contributed by atoms with Crippen LogP contribution in [0.15, 0.2) is 22.8 Å². The predicted molar refractivity (Wildman–Crippen MR) is 84.4 cm³/mol. The van der Waals surface area contributed by atoms with E-state index in [-0.39, 0.29) is 17.6 Å². The van der Waals surface area contributed by atoms with Crippen LogP contribution in [0.4, 0.5) is 4.79 Å². The maximum atomic E-state index is 12.4. The van der Waals surface area contributed by atoms with Crippen LogP contribution in [0.5, 0.6) is 0 Å². The predicted octanol–water partition coefficient (Wildman–Crippen LogP) is 3.48. The molecule has 4 heteroatoms. The van der Waals surface area contributed by atoms with E-state index in [2.05, 4.69) is 10.6 Å². The fourth-order valence-electron chi connectivity index (χ4n) is 5.55. The molecule has 1 heterocycles. The van der Waals surface area contributed by atoms with E-state index in [1.54, 1.807) is 6.26 Å². The van der Waals surface area contributed by atoms with Gasteiger partial charge >= 0.3 is 6.03 Å². The smallest absolute Gasteiger partial charge is 0.315 e. The molecule has 0 aromatic carbocycles. The topological polar surface area (TPSA) is 54.3 Å². The van der Waals surface area contributed by atoms with Gasteiger partial charge in [-0.25, -0.2) is 4.79 Å². The highest BCUT2D eigenvalue weighted by Crippen LogP contribution is 2.55. The Kier molecular flexibility index (Phi) is 3.43. The summed E-state index contributed by atoms with van der Waals surface area (Å²) in [4.78, 5) is 12.4. The molecule has 4 fully saturated rings. The highest BCUT2D eigenvalue weighted by atomic mass is 16.3. The van der Waals surface area contributed by atoms with Crippen LogP contribution in [0, 0.1) is 17.8 Å². The third kappa shape index (κ3) is 2.75. The molecule has 0 unspecified atom stereocenters. The molecule has 4 aliphatic rings. The first kappa shape index (κ1) is 14.2. The van der Waals surface area contributed by atoms with Crippen LogP contribution in [0.25, 0.3) is 0 Å². The highest BCUT2D eigenvalue weighted by Gasteiger charge is 2.51. The van der Waals surface area contributed by atoms with Crippen molar-refractivity contribution >= 4 is 6.03 Å². The molecule has 22 heavy (non-hydrogen) atoms. The third-order valence-corrected chi connectivity index (χ3v) is 5.88. The normalized spacial score (nSPS) is 37.0. The molecule has 0 aliphatic heterocycles. The molecule has 1 aromatic rings. The average Bonchev–Trinajstić information content (AvgIpc) is 2.88. The molecule has 1 aromatic heterocycles. The minimum absolute atomic E-state index is 0.000932. The summed E-state index contributed by atoms with van der Waals surface area (Å²) in [6, 6.07) is 3.92. The van der Waals surface area contributed by atoms with E-state index in [9.17, 15) is 4.79 Å². The van der Waals surface area contributed by atoms with Gasteiger partial charge in [-0.2, -0.15) is 0 Å². The second-order valence-corrected chi connectivity index (χ2v) is 7.98. The molecule has 4 aliphatic carbocycles. The lowest BCUT2D eigenvalue weighted by Gasteiger charge is -2.56. The van der Waals surface area contributed by atoms with Crippen molar-refractivity contribution in [2.24, 2.45) is 17.8 Å². The minimum Gasteiger partial charge on any atom is -0.469 e. The Hall–Kier alpha value is -1.45. The maximum absolute atomic E-state index is 12.4. The summed E-state index contributed by atoms with van der Waals surface area (Å²) in [5.74, 6) is 3.48. The summed E-state index contributed by atoms with van der Waals surface area (Å²) in [5, 5.41) is 6.44. The maximum Gasteiger partial charge on any atom is 0.315 e. The first-order valence-electron chi connectivity index (χ1n) is 8.71. The Morgan fingerprint density at radius 3 is 2.45 bits per heavy atom. The molecule has 4 bridgehead atoms. The lowest BCUT2D eigenvalue weighted by molar-refractivity contribution is -0.0136. The van der Waals surface area contributed by atoms with E-state index in [1.165, 1.54) is 38.5 Å². The SMILES string of the molecule is C[C@@H](Cc1ccco1)NC(=O)NC12CC3CC(CC(C3)C1)C2. The van der Waals surface area contributed by atoms with Crippen molar-refractivity contribution in [2.45, 2.75) is 63.5 Å². The lowest BCUT2D eigenvalue weighted by Crippen LogP contribution is -2.62. The molecule has 4 saturated carbocycles. The Morgan fingerprint density at radius 1 is 1.27 bits per heavy atom. The number of urea groups is 1. The Morgan fingerprint density at radius 2 is 1.91 bits per heavy atom. The number of carbonyl (C=O) groups is 1. The van der Waals surface area contributed by atoms with Gasteiger partial charge in [0, 0.05) is 18.0 Å². The van der Waals surface area contributed by atoms with Gasteiger partial charge in [-0.05, 0) is 75.3 Å². The molecule has 4 nitrogen and oxygen atoms in total. The summed E-state index contributed by atoms with van der Waals surface area (Å²) < 4.78 is 5.35. The lowest BCUT2D eigenvalue weighted by atomic mass is 9.53. The van der Waals surface area contributed by atoms with E-state index in [0.717, 1.165) is 29.9 Å². The van der Waals surface area contributed by atoms with Crippen LogP contribution >= 0.6 is 0 Å². The molecular formula is C18H26N2O2. The van der Waals surface area contributed by atoms with Gasteiger partial charge < -0.3 is 15.1 Å². The van der Waals surface area contributed by atoms with Gasteiger partial charge in [0.1, 0.15) is 5.76 Å². The molecule has 0 radical (unpaired) electrons. The summed E-state index contributed by atoms with van der Waals surface area (Å²) in [5.41, 5.74) is 0.0865. The zero-order valence-electron chi connectivity index (χ0n) is 13.3. The van der Waals surface area contributed by atoms with Gasteiger partial charge in [0.05, 0.1) is 6.26 Å². The van der Waals surface area contributed by atoms with Gasteiger partial charge in [-0.15, -0.1) is 0 Å². The van der Waals surface area contributed by atoms with Gasteiger partial charge in [0.25, 0.3) is 0 Å². The number of nitrogens with one attached hydrogen (secondary N) is 2. The summed E-state index contributed by atoms with van der Waals surface area (Å²) in [6.45, 7) is 2.03. The van der Waals surface area contributed by atoms with E-state index in [0.29, 0.717) is 0 Å². The molecule has 0 spiro atoms.